The first-order valence-corrected chi connectivity index (χ1v) is 10.4. The Labute approximate surface area is 181 Å². The van der Waals surface area contributed by atoms with Gasteiger partial charge in [-0.15, -0.1) is 11.8 Å². The van der Waals surface area contributed by atoms with Crippen LogP contribution < -0.4 is 10.1 Å². The first-order chi connectivity index (χ1) is 14.7. The van der Waals surface area contributed by atoms with Crippen LogP contribution in [0.5, 0.6) is 5.75 Å². The van der Waals surface area contributed by atoms with Crippen LogP contribution in [0, 0.1) is 12.7 Å². The Morgan fingerprint density at radius 1 is 1.23 bits per heavy atom. The van der Waals surface area contributed by atoms with E-state index in [1.54, 1.807) is 13.0 Å². The number of amides is 1. The summed E-state index contributed by atoms with van der Waals surface area (Å²) in [5.74, 6) is -0.372. The topological polar surface area (TPSA) is 51.2 Å². The van der Waals surface area contributed by atoms with Crippen molar-refractivity contribution in [3.05, 3.63) is 64.5 Å². The standard InChI is InChI=1S/C22H20F4N2O2S/c1-4-31-21-18(20(29)27-11-13-6-5-7-16(23)19(13)30-3)12(2)15-9-8-14(22(24,25)26)10-17(15)28-21/h5-10H,4,11H2,1-3H3,(H,27,29). The van der Waals surface area contributed by atoms with Crippen molar-refractivity contribution >= 4 is 28.6 Å². The second-order valence-corrected chi connectivity index (χ2v) is 7.95. The summed E-state index contributed by atoms with van der Waals surface area (Å²) < 4.78 is 58.2. The minimum absolute atomic E-state index is 0.0144. The number of carbonyl (C=O) groups excluding carboxylic acids is 1. The van der Waals surface area contributed by atoms with Crippen LogP contribution in [0.15, 0.2) is 41.4 Å². The maximum absolute atomic E-state index is 13.9. The van der Waals surface area contributed by atoms with Gasteiger partial charge in [0.25, 0.3) is 5.91 Å². The third-order valence-electron chi connectivity index (χ3n) is 4.74. The zero-order valence-electron chi connectivity index (χ0n) is 17.1. The number of methoxy groups -OCH3 is 1. The van der Waals surface area contributed by atoms with E-state index in [1.165, 1.54) is 37.1 Å². The molecule has 0 aliphatic heterocycles. The Kier molecular flexibility index (Phi) is 6.74. The van der Waals surface area contributed by atoms with Gasteiger partial charge in [-0.1, -0.05) is 25.1 Å². The number of hydrogen-bond donors (Lipinski definition) is 1. The van der Waals surface area contributed by atoms with Crippen molar-refractivity contribution in [1.82, 2.24) is 10.3 Å². The van der Waals surface area contributed by atoms with Gasteiger partial charge in [-0.05, 0) is 36.4 Å². The molecular formula is C22H20F4N2O2S. The minimum atomic E-state index is -4.48. The predicted octanol–water partition coefficient (Wildman–Crippen LogP) is 5.75. The summed E-state index contributed by atoms with van der Waals surface area (Å²) in [6.45, 7) is 3.55. The number of aryl methyl sites for hydroxylation is 1. The summed E-state index contributed by atoms with van der Waals surface area (Å²) in [4.78, 5) is 17.4. The van der Waals surface area contributed by atoms with Gasteiger partial charge in [0.1, 0.15) is 5.03 Å². The lowest BCUT2D eigenvalue weighted by Crippen LogP contribution is -2.25. The van der Waals surface area contributed by atoms with Gasteiger partial charge in [0, 0.05) is 17.5 Å². The van der Waals surface area contributed by atoms with E-state index < -0.39 is 23.5 Å². The van der Waals surface area contributed by atoms with Crippen LogP contribution in [0.25, 0.3) is 10.9 Å². The molecular weight excluding hydrogens is 432 g/mol. The van der Waals surface area contributed by atoms with E-state index in [0.29, 0.717) is 27.3 Å². The van der Waals surface area contributed by atoms with E-state index in [9.17, 15) is 22.4 Å². The van der Waals surface area contributed by atoms with E-state index >= 15 is 0 Å². The largest absolute Gasteiger partial charge is 0.493 e. The van der Waals surface area contributed by atoms with Crippen LogP contribution in [0.4, 0.5) is 17.6 Å². The number of rotatable bonds is 6. The summed E-state index contributed by atoms with van der Waals surface area (Å²) in [5.41, 5.74) is 0.649. The fourth-order valence-electron chi connectivity index (χ4n) is 3.27. The number of thioether (sulfide) groups is 1. The molecule has 3 rings (SSSR count). The number of nitrogens with one attached hydrogen (secondary N) is 1. The molecule has 1 heterocycles. The Morgan fingerprint density at radius 2 is 1.97 bits per heavy atom. The fourth-order valence-corrected chi connectivity index (χ4v) is 4.10. The molecule has 0 bridgehead atoms. The number of halogens is 4. The maximum atomic E-state index is 13.9. The van der Waals surface area contributed by atoms with Gasteiger partial charge >= 0.3 is 6.18 Å². The van der Waals surface area contributed by atoms with E-state index in [2.05, 4.69) is 10.3 Å². The number of para-hydroxylation sites is 1. The third-order valence-corrected chi connectivity index (χ3v) is 5.60. The molecule has 1 N–H and O–H groups in total. The average molecular weight is 452 g/mol. The fraction of sp³-hybridized carbons (Fsp3) is 0.273. The lowest BCUT2D eigenvalue weighted by molar-refractivity contribution is -0.137. The molecule has 4 nitrogen and oxygen atoms in total. The molecule has 0 saturated carbocycles. The van der Waals surface area contributed by atoms with Crippen LogP contribution in [-0.4, -0.2) is 23.8 Å². The summed E-state index contributed by atoms with van der Waals surface area (Å²) in [6, 6.07) is 7.69. The van der Waals surface area contributed by atoms with Crippen molar-refractivity contribution in [3.8, 4) is 5.75 Å². The molecule has 1 amide bonds. The van der Waals surface area contributed by atoms with Gasteiger partial charge in [-0.25, -0.2) is 9.37 Å². The Bertz CT molecular complexity index is 1130. The molecule has 0 fully saturated rings. The summed E-state index contributed by atoms with van der Waals surface area (Å²) in [6.07, 6.45) is -4.48. The van der Waals surface area contributed by atoms with Crippen molar-refractivity contribution in [2.24, 2.45) is 0 Å². The number of fused-ring (bicyclic) bond motifs is 1. The highest BCUT2D eigenvalue weighted by Gasteiger charge is 2.31. The molecule has 0 unspecified atom stereocenters. The quantitative estimate of drug-likeness (QED) is 0.382. The smallest absolute Gasteiger partial charge is 0.416 e. The number of pyridine rings is 1. The summed E-state index contributed by atoms with van der Waals surface area (Å²) in [5, 5.41) is 3.54. The second-order valence-electron chi connectivity index (χ2n) is 6.69. The highest BCUT2D eigenvalue weighted by molar-refractivity contribution is 7.99. The van der Waals surface area contributed by atoms with Crippen molar-refractivity contribution in [2.75, 3.05) is 12.9 Å². The van der Waals surface area contributed by atoms with Gasteiger partial charge in [0.15, 0.2) is 11.6 Å². The molecule has 0 aliphatic rings. The van der Waals surface area contributed by atoms with E-state index in [0.717, 1.165) is 12.1 Å². The minimum Gasteiger partial charge on any atom is -0.493 e. The Hall–Kier alpha value is -2.81. The highest BCUT2D eigenvalue weighted by Crippen LogP contribution is 2.34. The van der Waals surface area contributed by atoms with Crippen molar-refractivity contribution in [2.45, 2.75) is 31.6 Å². The van der Waals surface area contributed by atoms with Gasteiger partial charge < -0.3 is 10.1 Å². The first-order valence-electron chi connectivity index (χ1n) is 9.41. The monoisotopic (exact) mass is 452 g/mol. The van der Waals surface area contributed by atoms with E-state index in [4.69, 9.17) is 4.74 Å². The summed E-state index contributed by atoms with van der Waals surface area (Å²) in [7, 11) is 1.34. The number of ether oxygens (including phenoxy) is 1. The highest BCUT2D eigenvalue weighted by atomic mass is 32.2. The molecule has 31 heavy (non-hydrogen) atoms. The van der Waals surface area contributed by atoms with Crippen LogP contribution in [-0.2, 0) is 12.7 Å². The zero-order chi connectivity index (χ0) is 22.8. The SMILES string of the molecule is CCSc1nc2cc(C(F)(F)F)ccc2c(C)c1C(=O)NCc1cccc(F)c1OC. The molecule has 0 spiro atoms. The Morgan fingerprint density at radius 3 is 2.61 bits per heavy atom. The normalized spacial score (nSPS) is 11.6. The van der Waals surface area contributed by atoms with Crippen LogP contribution >= 0.6 is 11.8 Å². The molecule has 9 heteroatoms. The van der Waals surface area contributed by atoms with E-state index in [-0.39, 0.29) is 23.4 Å². The molecule has 2 aromatic carbocycles. The number of benzene rings is 2. The van der Waals surface area contributed by atoms with Gasteiger partial charge in [0.05, 0.1) is 23.8 Å². The second kappa shape index (κ2) is 9.13. The molecule has 0 saturated heterocycles. The number of alkyl halides is 3. The third kappa shape index (κ3) is 4.76. The molecule has 0 aliphatic carbocycles. The number of nitrogens with zero attached hydrogens (tertiary/aromatic N) is 1. The van der Waals surface area contributed by atoms with Crippen molar-refractivity contribution in [1.29, 1.82) is 0 Å². The number of aromatic nitrogens is 1. The van der Waals surface area contributed by atoms with Gasteiger partial charge in [0.2, 0.25) is 0 Å². The molecule has 0 radical (unpaired) electrons. The van der Waals surface area contributed by atoms with Crippen molar-refractivity contribution in [3.63, 3.8) is 0 Å². The molecule has 3 aromatic rings. The number of hydrogen-bond acceptors (Lipinski definition) is 4. The van der Waals surface area contributed by atoms with Crippen LogP contribution in [0.1, 0.15) is 34.0 Å². The predicted molar refractivity (Wildman–Crippen MR) is 112 cm³/mol. The lowest BCUT2D eigenvalue weighted by atomic mass is 10.0. The molecule has 164 valence electrons. The van der Waals surface area contributed by atoms with Crippen molar-refractivity contribution < 1.29 is 27.1 Å². The summed E-state index contributed by atoms with van der Waals surface area (Å²) >= 11 is 1.27. The zero-order valence-corrected chi connectivity index (χ0v) is 17.9. The Balaban J connectivity index is 2.00. The van der Waals surface area contributed by atoms with E-state index in [1.807, 2.05) is 6.92 Å². The average Bonchev–Trinajstić information content (AvgIpc) is 2.71. The molecule has 0 atom stereocenters. The molecule has 1 aromatic heterocycles. The first kappa shape index (κ1) is 22.9. The van der Waals surface area contributed by atoms with Crippen LogP contribution in [0.2, 0.25) is 0 Å². The van der Waals surface area contributed by atoms with Gasteiger partial charge in [-0.3, -0.25) is 4.79 Å². The van der Waals surface area contributed by atoms with Gasteiger partial charge in [-0.2, -0.15) is 13.2 Å². The lowest BCUT2D eigenvalue weighted by Gasteiger charge is -2.16. The maximum Gasteiger partial charge on any atom is 0.416 e. The van der Waals surface area contributed by atoms with Crippen LogP contribution in [0.3, 0.4) is 0 Å². The number of carbonyl (C=O) groups is 1.